The number of ether oxygens (including phenoxy) is 2. The molecule has 0 spiro atoms. The Balaban J connectivity index is 3.24. The van der Waals surface area contributed by atoms with E-state index < -0.39 is 12.1 Å². The molecule has 1 N–H and O–H groups in total. The number of rotatable bonds is 27. The van der Waals surface area contributed by atoms with Gasteiger partial charge in [0.15, 0.2) is 6.10 Å². The summed E-state index contributed by atoms with van der Waals surface area (Å²) in [7, 11) is 0. The first-order chi connectivity index (χ1) is 17.1. The van der Waals surface area contributed by atoms with E-state index >= 15 is 0 Å². The first-order valence-electron chi connectivity index (χ1n) is 15.0. The zero-order chi connectivity index (χ0) is 25.8. The average Bonchev–Trinajstić information content (AvgIpc) is 2.84. The SMILES string of the molecule is CCCCCCCCCCCCCCCCCCCCCCCCC(=O)OC(CO)COC(C)=O. The summed E-state index contributed by atoms with van der Waals surface area (Å²) in [5, 5.41) is 9.17. The highest BCUT2D eigenvalue weighted by Gasteiger charge is 2.14. The average molecular weight is 499 g/mol. The molecule has 0 saturated heterocycles. The molecular weight excluding hydrogens is 440 g/mol. The Morgan fingerprint density at radius 1 is 0.600 bits per heavy atom. The summed E-state index contributed by atoms with van der Waals surface area (Å²) in [6.45, 7) is 3.15. The van der Waals surface area contributed by atoms with E-state index in [2.05, 4.69) is 6.92 Å². The van der Waals surface area contributed by atoms with Crippen LogP contribution in [0, 0.1) is 0 Å². The van der Waals surface area contributed by atoms with Gasteiger partial charge in [0, 0.05) is 13.3 Å². The van der Waals surface area contributed by atoms with Crippen molar-refractivity contribution in [2.75, 3.05) is 13.2 Å². The predicted octanol–water partition coefficient (Wildman–Crippen LogP) is 8.45. The van der Waals surface area contributed by atoms with Gasteiger partial charge in [0.2, 0.25) is 0 Å². The van der Waals surface area contributed by atoms with Crippen LogP contribution in [-0.2, 0) is 19.1 Å². The molecule has 0 aromatic rings. The predicted molar refractivity (Wildman–Crippen MR) is 145 cm³/mol. The van der Waals surface area contributed by atoms with Gasteiger partial charge in [-0.1, -0.05) is 142 Å². The van der Waals surface area contributed by atoms with Gasteiger partial charge < -0.3 is 14.6 Å². The van der Waals surface area contributed by atoms with Crippen LogP contribution in [0.25, 0.3) is 0 Å². The smallest absolute Gasteiger partial charge is 0.306 e. The first kappa shape index (κ1) is 33.9. The maximum Gasteiger partial charge on any atom is 0.306 e. The van der Waals surface area contributed by atoms with Crippen molar-refractivity contribution in [2.45, 2.75) is 168 Å². The van der Waals surface area contributed by atoms with Crippen LogP contribution in [0.3, 0.4) is 0 Å². The van der Waals surface area contributed by atoms with E-state index in [0.717, 1.165) is 19.3 Å². The van der Waals surface area contributed by atoms with Crippen LogP contribution >= 0.6 is 0 Å². The molecule has 208 valence electrons. The molecular formula is C30H58O5. The minimum absolute atomic E-state index is 0.0864. The summed E-state index contributed by atoms with van der Waals surface area (Å²) in [6, 6.07) is 0. The highest BCUT2D eigenvalue weighted by molar-refractivity contribution is 5.69. The van der Waals surface area contributed by atoms with E-state index in [1.165, 1.54) is 129 Å². The second kappa shape index (κ2) is 27.5. The van der Waals surface area contributed by atoms with Crippen molar-refractivity contribution in [3.8, 4) is 0 Å². The lowest BCUT2D eigenvalue weighted by molar-refractivity contribution is -0.160. The highest BCUT2D eigenvalue weighted by Crippen LogP contribution is 2.15. The minimum atomic E-state index is -0.758. The Morgan fingerprint density at radius 2 is 0.943 bits per heavy atom. The van der Waals surface area contributed by atoms with E-state index in [-0.39, 0.29) is 19.2 Å². The van der Waals surface area contributed by atoms with Crippen LogP contribution in [0.1, 0.15) is 162 Å². The number of hydrogen-bond donors (Lipinski definition) is 1. The van der Waals surface area contributed by atoms with Crippen LogP contribution in [0.4, 0.5) is 0 Å². The van der Waals surface area contributed by atoms with Gasteiger partial charge in [-0.25, -0.2) is 0 Å². The maximum absolute atomic E-state index is 11.8. The van der Waals surface area contributed by atoms with E-state index in [4.69, 9.17) is 9.47 Å². The molecule has 0 aromatic carbocycles. The van der Waals surface area contributed by atoms with E-state index in [1.807, 2.05) is 0 Å². The van der Waals surface area contributed by atoms with Crippen molar-refractivity contribution in [1.29, 1.82) is 0 Å². The van der Waals surface area contributed by atoms with Gasteiger partial charge in [0.05, 0.1) is 6.61 Å². The van der Waals surface area contributed by atoms with Crippen LogP contribution < -0.4 is 0 Å². The summed E-state index contributed by atoms with van der Waals surface area (Å²) in [5.41, 5.74) is 0. The Morgan fingerprint density at radius 3 is 1.26 bits per heavy atom. The molecule has 35 heavy (non-hydrogen) atoms. The standard InChI is InChI=1S/C30H58O5/c1-3-4-5-6-7-8-9-10-11-12-13-14-15-16-17-18-19-20-21-22-23-24-25-30(33)35-29(26-31)27-34-28(2)32/h29,31H,3-27H2,1-2H3. The van der Waals surface area contributed by atoms with Crippen LogP contribution in [0.5, 0.6) is 0 Å². The molecule has 5 heteroatoms. The lowest BCUT2D eigenvalue weighted by atomic mass is 10.0. The first-order valence-corrected chi connectivity index (χ1v) is 15.0. The molecule has 0 aliphatic rings. The molecule has 1 unspecified atom stereocenters. The molecule has 0 rings (SSSR count). The Kier molecular flexibility index (Phi) is 26.6. The van der Waals surface area contributed by atoms with E-state index in [0.29, 0.717) is 6.42 Å². The van der Waals surface area contributed by atoms with Crippen LogP contribution in [0.2, 0.25) is 0 Å². The van der Waals surface area contributed by atoms with Crippen LogP contribution in [0.15, 0.2) is 0 Å². The number of esters is 2. The van der Waals surface area contributed by atoms with Gasteiger partial charge in [0.25, 0.3) is 0 Å². The maximum atomic E-state index is 11.8. The Labute approximate surface area is 217 Å². The van der Waals surface area contributed by atoms with Gasteiger partial charge in [0.1, 0.15) is 6.61 Å². The number of unbranched alkanes of at least 4 members (excludes halogenated alkanes) is 21. The van der Waals surface area contributed by atoms with Gasteiger partial charge in [-0.3, -0.25) is 9.59 Å². The molecule has 0 aliphatic heterocycles. The molecule has 0 bridgehead atoms. The number of carbonyl (C=O) groups excluding carboxylic acids is 2. The van der Waals surface area contributed by atoms with Crippen molar-refractivity contribution in [3.05, 3.63) is 0 Å². The van der Waals surface area contributed by atoms with Crippen molar-refractivity contribution >= 4 is 11.9 Å². The molecule has 0 amide bonds. The van der Waals surface area contributed by atoms with Gasteiger partial charge in [-0.15, -0.1) is 0 Å². The summed E-state index contributed by atoms with van der Waals surface area (Å²) in [4.78, 5) is 22.6. The van der Waals surface area contributed by atoms with Gasteiger partial charge in [-0.2, -0.15) is 0 Å². The zero-order valence-corrected chi connectivity index (χ0v) is 23.3. The highest BCUT2D eigenvalue weighted by atomic mass is 16.6. The summed E-state index contributed by atoms with van der Waals surface area (Å²) < 4.78 is 9.90. The topological polar surface area (TPSA) is 72.8 Å². The Bertz CT molecular complexity index is 466. The van der Waals surface area contributed by atoms with Crippen molar-refractivity contribution in [2.24, 2.45) is 0 Å². The zero-order valence-electron chi connectivity index (χ0n) is 23.3. The molecule has 1 atom stereocenters. The summed E-state index contributed by atoms with van der Waals surface area (Å²) in [6.07, 6.45) is 29.1. The van der Waals surface area contributed by atoms with Gasteiger partial charge in [-0.05, 0) is 6.42 Å². The third-order valence-corrected chi connectivity index (χ3v) is 6.71. The minimum Gasteiger partial charge on any atom is -0.462 e. The number of carbonyl (C=O) groups is 2. The van der Waals surface area contributed by atoms with E-state index in [1.54, 1.807) is 0 Å². The third-order valence-electron chi connectivity index (χ3n) is 6.71. The molecule has 0 aliphatic carbocycles. The second-order valence-electron chi connectivity index (χ2n) is 10.3. The van der Waals surface area contributed by atoms with Crippen LogP contribution in [-0.4, -0.2) is 36.4 Å². The molecule has 5 nitrogen and oxygen atoms in total. The Hall–Kier alpha value is -1.10. The second-order valence-corrected chi connectivity index (χ2v) is 10.3. The normalized spacial score (nSPS) is 12.0. The number of hydrogen-bond acceptors (Lipinski definition) is 5. The summed E-state index contributed by atoms with van der Waals surface area (Å²) in [5.74, 6) is -0.775. The van der Waals surface area contributed by atoms with Crippen molar-refractivity contribution < 1.29 is 24.2 Å². The molecule has 0 heterocycles. The quantitative estimate of drug-likeness (QED) is 0.0908. The monoisotopic (exact) mass is 498 g/mol. The number of aliphatic hydroxyl groups excluding tert-OH is 1. The molecule has 0 aromatic heterocycles. The molecule has 0 radical (unpaired) electrons. The largest absolute Gasteiger partial charge is 0.462 e. The summed E-state index contributed by atoms with van der Waals surface area (Å²) >= 11 is 0. The fraction of sp³-hybridized carbons (Fsp3) is 0.933. The fourth-order valence-electron chi connectivity index (χ4n) is 4.46. The van der Waals surface area contributed by atoms with Gasteiger partial charge >= 0.3 is 11.9 Å². The number of aliphatic hydroxyl groups is 1. The third kappa shape index (κ3) is 27.3. The molecule has 0 saturated carbocycles. The molecule has 0 fully saturated rings. The fourth-order valence-corrected chi connectivity index (χ4v) is 4.46. The van der Waals surface area contributed by atoms with E-state index in [9.17, 15) is 14.7 Å². The lowest BCUT2D eigenvalue weighted by Crippen LogP contribution is -2.28. The van der Waals surface area contributed by atoms with Crippen molar-refractivity contribution in [3.63, 3.8) is 0 Å². The lowest BCUT2D eigenvalue weighted by Gasteiger charge is -2.15. The van der Waals surface area contributed by atoms with Crippen molar-refractivity contribution in [1.82, 2.24) is 0 Å².